The van der Waals surface area contributed by atoms with Gasteiger partial charge in [0.15, 0.2) is 21.2 Å². The number of benzene rings is 3. The van der Waals surface area contributed by atoms with Gasteiger partial charge in [-0.25, -0.2) is 14.1 Å². The fraction of sp³-hybridized carbons (Fsp3) is 0.265. The molecule has 6 atom stereocenters. The van der Waals surface area contributed by atoms with E-state index in [0.717, 1.165) is 21.9 Å². The molecular formula is C34H25Cl2FN2O8. The van der Waals surface area contributed by atoms with Gasteiger partial charge in [0.05, 0.1) is 35.9 Å². The summed E-state index contributed by atoms with van der Waals surface area (Å²) in [5.74, 6) is -8.76. The van der Waals surface area contributed by atoms with Crippen molar-refractivity contribution in [3.8, 4) is 11.5 Å². The zero-order chi connectivity index (χ0) is 33.6. The van der Waals surface area contributed by atoms with Crippen LogP contribution in [-0.4, -0.2) is 56.7 Å². The van der Waals surface area contributed by atoms with Crippen LogP contribution in [0.1, 0.15) is 34.7 Å². The number of carbonyl (C=O) groups excluding carboxylic acids is 4. The number of aromatic carboxylic acids is 1. The van der Waals surface area contributed by atoms with Gasteiger partial charge in [0, 0.05) is 5.92 Å². The molecule has 47 heavy (non-hydrogen) atoms. The molecule has 1 saturated carbocycles. The molecule has 6 unspecified atom stereocenters. The second-order valence-corrected chi connectivity index (χ2v) is 13.3. The number of methoxy groups -OCH3 is 1. The fourth-order valence-corrected chi connectivity index (χ4v) is 8.63. The Kier molecular flexibility index (Phi) is 7.00. The first kappa shape index (κ1) is 30.9. The highest BCUT2D eigenvalue weighted by atomic mass is 35.5. The molecular weight excluding hydrogens is 654 g/mol. The van der Waals surface area contributed by atoms with Crippen molar-refractivity contribution < 1.29 is 43.3 Å². The van der Waals surface area contributed by atoms with Gasteiger partial charge in [-0.15, -0.1) is 23.2 Å². The van der Waals surface area contributed by atoms with Crippen LogP contribution in [0.2, 0.25) is 0 Å². The largest absolute Gasteiger partial charge is 0.504 e. The smallest absolute Gasteiger partial charge is 0.335 e. The Bertz CT molecular complexity index is 1950. The third kappa shape index (κ3) is 4.19. The van der Waals surface area contributed by atoms with E-state index in [1.807, 2.05) is 0 Å². The number of anilines is 2. The van der Waals surface area contributed by atoms with Crippen LogP contribution < -0.4 is 14.5 Å². The van der Waals surface area contributed by atoms with Gasteiger partial charge in [0.2, 0.25) is 11.8 Å². The maximum Gasteiger partial charge on any atom is 0.335 e. The summed E-state index contributed by atoms with van der Waals surface area (Å²) in [5, 5.41) is 20.3. The number of carboxylic acids is 1. The Morgan fingerprint density at radius 3 is 2.30 bits per heavy atom. The number of hydrogen-bond donors (Lipinski definition) is 2. The summed E-state index contributed by atoms with van der Waals surface area (Å²) in [6.45, 7) is 0. The first-order valence-electron chi connectivity index (χ1n) is 14.6. The van der Waals surface area contributed by atoms with Crippen molar-refractivity contribution >= 4 is 64.2 Å². The first-order chi connectivity index (χ1) is 22.3. The van der Waals surface area contributed by atoms with Gasteiger partial charge in [-0.2, -0.15) is 0 Å². The number of ether oxygens (including phenoxy) is 1. The SMILES string of the molecule is COc1ccc(C2C3=CCC4C(=O)N(c5cccc(C(=O)O)c5)C(=O)C4C3CC3(Cl)C(=O)N(c4ccc(F)cc4)C(=O)C23Cl)cc1O. The van der Waals surface area contributed by atoms with Crippen LogP contribution in [0.3, 0.4) is 0 Å². The van der Waals surface area contributed by atoms with E-state index in [0.29, 0.717) is 11.1 Å². The standard InChI is InChI=1S/C34H25Cl2FN2O8/c1-47-25-12-5-16(14-24(25)40)27-21-10-11-22-26(29(42)38(28(22)41)20-4-2-3-17(13-20)30(43)44)23(21)15-33(35)31(45)39(32(46)34(27,33)36)19-8-6-18(37)7-9-19/h2-10,12-14,22-23,26-27,40H,11,15H2,1H3,(H,43,44). The molecule has 0 bridgehead atoms. The molecule has 2 saturated heterocycles. The lowest BCUT2D eigenvalue weighted by molar-refractivity contribution is -0.125. The maximum absolute atomic E-state index is 14.4. The van der Waals surface area contributed by atoms with Crippen molar-refractivity contribution in [1.82, 2.24) is 0 Å². The molecule has 0 aromatic heterocycles. The van der Waals surface area contributed by atoms with Gasteiger partial charge in [0.1, 0.15) is 5.82 Å². The van der Waals surface area contributed by atoms with Crippen molar-refractivity contribution in [1.29, 1.82) is 0 Å². The Morgan fingerprint density at radius 2 is 1.64 bits per heavy atom. The monoisotopic (exact) mass is 678 g/mol. The van der Waals surface area contributed by atoms with Crippen LogP contribution >= 0.6 is 23.2 Å². The van der Waals surface area contributed by atoms with E-state index in [1.165, 1.54) is 55.6 Å². The molecule has 4 aliphatic rings. The Morgan fingerprint density at radius 1 is 0.915 bits per heavy atom. The molecule has 10 nitrogen and oxygen atoms in total. The van der Waals surface area contributed by atoms with Crippen LogP contribution in [0.5, 0.6) is 11.5 Å². The van der Waals surface area contributed by atoms with Crippen molar-refractivity contribution in [3.05, 3.63) is 95.3 Å². The lowest BCUT2D eigenvalue weighted by atomic mass is 9.56. The Balaban J connectivity index is 1.39. The predicted octanol–water partition coefficient (Wildman–Crippen LogP) is 5.01. The van der Waals surface area contributed by atoms with Gasteiger partial charge in [-0.3, -0.25) is 24.1 Å². The van der Waals surface area contributed by atoms with Crippen molar-refractivity contribution in [2.45, 2.75) is 28.5 Å². The number of phenolic OH excluding ortho intramolecular Hbond substituents is 1. The molecule has 2 aliphatic heterocycles. The Hall–Kier alpha value is -4.74. The average Bonchev–Trinajstić information content (AvgIpc) is 3.39. The number of carboxylic acid groups (broad SMARTS) is 1. The molecule has 3 aromatic carbocycles. The van der Waals surface area contributed by atoms with Gasteiger partial charge in [-0.05, 0) is 78.9 Å². The number of aromatic hydroxyl groups is 1. The van der Waals surface area contributed by atoms with Crippen LogP contribution in [0.4, 0.5) is 15.8 Å². The summed E-state index contributed by atoms with van der Waals surface area (Å²) in [5.41, 5.74) is 0.814. The number of hydrogen-bond acceptors (Lipinski definition) is 7. The van der Waals surface area contributed by atoms with E-state index in [1.54, 1.807) is 12.1 Å². The minimum absolute atomic E-state index is 0.0404. The van der Waals surface area contributed by atoms with Crippen molar-refractivity contribution in [2.75, 3.05) is 16.9 Å². The number of phenols is 1. The van der Waals surface area contributed by atoms with Crippen LogP contribution in [0.25, 0.3) is 0 Å². The lowest BCUT2D eigenvalue weighted by Crippen LogP contribution is -2.60. The number of nitrogens with zero attached hydrogens (tertiary/aromatic N) is 2. The lowest BCUT2D eigenvalue weighted by Gasteiger charge is -2.50. The molecule has 0 spiro atoms. The van der Waals surface area contributed by atoms with Crippen LogP contribution in [-0.2, 0) is 19.2 Å². The van der Waals surface area contributed by atoms with Gasteiger partial charge in [0.25, 0.3) is 11.8 Å². The number of carbonyl (C=O) groups is 5. The second kappa shape index (κ2) is 10.6. The van der Waals surface area contributed by atoms with Gasteiger partial charge in [-0.1, -0.05) is 23.8 Å². The summed E-state index contributed by atoms with van der Waals surface area (Å²) in [6, 6.07) is 14.5. The van der Waals surface area contributed by atoms with Crippen molar-refractivity contribution in [2.24, 2.45) is 17.8 Å². The van der Waals surface area contributed by atoms with Crippen LogP contribution in [0.15, 0.2) is 78.4 Å². The number of fused-ring (bicyclic) bond motifs is 4. The summed E-state index contributed by atoms with van der Waals surface area (Å²) < 4.78 is 19.0. The van der Waals surface area contributed by atoms with E-state index in [9.17, 15) is 38.6 Å². The Labute approximate surface area is 276 Å². The van der Waals surface area contributed by atoms with Gasteiger partial charge < -0.3 is 14.9 Å². The molecule has 3 fully saturated rings. The molecule has 3 aromatic rings. The van der Waals surface area contributed by atoms with E-state index < -0.39 is 68.8 Å². The molecule has 2 N–H and O–H groups in total. The maximum atomic E-state index is 14.4. The molecule has 0 radical (unpaired) electrons. The minimum atomic E-state index is -2.17. The first-order valence-corrected chi connectivity index (χ1v) is 15.4. The molecule has 4 amide bonds. The number of imide groups is 2. The van der Waals surface area contributed by atoms with E-state index in [-0.39, 0.29) is 41.3 Å². The summed E-state index contributed by atoms with van der Waals surface area (Å²) >= 11 is 14.6. The quantitative estimate of drug-likeness (QED) is 0.218. The zero-order valence-electron chi connectivity index (χ0n) is 24.5. The topological polar surface area (TPSA) is 142 Å². The summed E-state index contributed by atoms with van der Waals surface area (Å²) in [4.78, 5) is 65.8. The highest BCUT2D eigenvalue weighted by Gasteiger charge is 2.76. The number of alkyl halides is 2. The molecule has 2 aliphatic carbocycles. The van der Waals surface area contributed by atoms with Gasteiger partial charge >= 0.3 is 5.97 Å². The number of allylic oxidation sites excluding steroid dienone is 2. The molecule has 240 valence electrons. The third-order valence-corrected chi connectivity index (χ3v) is 11.2. The minimum Gasteiger partial charge on any atom is -0.504 e. The van der Waals surface area contributed by atoms with E-state index >= 15 is 0 Å². The summed E-state index contributed by atoms with van der Waals surface area (Å²) in [6.07, 6.45) is 1.52. The second-order valence-electron chi connectivity index (χ2n) is 12.0. The number of rotatable bonds is 5. The molecule has 2 heterocycles. The number of halogens is 3. The molecule has 7 rings (SSSR count). The normalized spacial score (nSPS) is 29.7. The predicted molar refractivity (Wildman–Crippen MR) is 167 cm³/mol. The van der Waals surface area contributed by atoms with E-state index in [4.69, 9.17) is 27.9 Å². The number of amides is 4. The average molecular weight is 679 g/mol. The summed E-state index contributed by atoms with van der Waals surface area (Å²) in [7, 11) is 1.36. The van der Waals surface area contributed by atoms with Crippen LogP contribution in [0, 0.1) is 23.6 Å². The highest BCUT2D eigenvalue weighted by Crippen LogP contribution is 2.66. The third-order valence-electron chi connectivity index (χ3n) is 9.78. The zero-order valence-corrected chi connectivity index (χ0v) is 26.0. The van der Waals surface area contributed by atoms with Crippen molar-refractivity contribution in [3.63, 3.8) is 0 Å². The molecule has 13 heteroatoms. The fourth-order valence-electron chi connectivity index (χ4n) is 7.69. The van der Waals surface area contributed by atoms with E-state index in [2.05, 4.69) is 0 Å². The highest BCUT2D eigenvalue weighted by molar-refractivity contribution is 6.58.